The number of aliphatic hydroxyl groups excluding tert-OH is 1. The van der Waals surface area contributed by atoms with E-state index in [9.17, 15) is 9.90 Å². The van der Waals surface area contributed by atoms with Gasteiger partial charge in [-0.1, -0.05) is 24.6 Å². The van der Waals surface area contributed by atoms with E-state index in [2.05, 4.69) is 4.98 Å². The van der Waals surface area contributed by atoms with Gasteiger partial charge in [0.05, 0.1) is 13.2 Å². The molecule has 27 heavy (non-hydrogen) atoms. The molecule has 1 heterocycles. The maximum absolute atomic E-state index is 11.0. The van der Waals surface area contributed by atoms with Gasteiger partial charge in [0.2, 0.25) is 11.8 Å². The van der Waals surface area contributed by atoms with E-state index >= 15 is 0 Å². The fraction of sp³-hybridized carbons (Fsp3) is 0.300. The molecule has 0 fully saturated rings. The van der Waals surface area contributed by atoms with Crippen molar-refractivity contribution in [3.63, 3.8) is 0 Å². The number of carbonyl (C=O) groups excluding carboxylic acids is 1. The minimum atomic E-state index is -0.611. The Morgan fingerprint density at radius 1 is 1.22 bits per heavy atom. The first-order valence-electron chi connectivity index (χ1n) is 8.77. The fourth-order valence-electron chi connectivity index (χ4n) is 2.91. The molecule has 7 nitrogen and oxygen atoms in total. The van der Waals surface area contributed by atoms with Gasteiger partial charge in [-0.15, -0.1) is 0 Å². The number of ether oxygens (including phenoxy) is 1. The lowest BCUT2D eigenvalue weighted by atomic mass is 10.0. The predicted molar refractivity (Wildman–Crippen MR) is 99.4 cm³/mol. The van der Waals surface area contributed by atoms with Gasteiger partial charge in [0, 0.05) is 12.0 Å². The molecule has 7 heteroatoms. The van der Waals surface area contributed by atoms with E-state index in [1.807, 2.05) is 42.5 Å². The number of para-hydroxylation sites is 1. The molecule has 1 amide bonds. The number of fused-ring (bicyclic) bond motifs is 1. The quantitative estimate of drug-likeness (QED) is 0.318. The van der Waals surface area contributed by atoms with Gasteiger partial charge in [0.1, 0.15) is 5.75 Å². The van der Waals surface area contributed by atoms with Crippen LogP contribution in [0, 0.1) is 0 Å². The van der Waals surface area contributed by atoms with Crippen LogP contribution in [-0.2, 0) is 4.79 Å². The molecule has 0 spiro atoms. The normalized spacial score (nSPS) is 12.1. The van der Waals surface area contributed by atoms with E-state index in [4.69, 9.17) is 14.4 Å². The van der Waals surface area contributed by atoms with Crippen LogP contribution < -0.4 is 10.2 Å². The minimum absolute atomic E-state index is 0.239. The highest BCUT2D eigenvalue weighted by molar-refractivity contribution is 5.82. The number of amides is 1. The molecule has 0 aliphatic heterocycles. The smallest absolute Gasteiger partial charge is 0.243 e. The van der Waals surface area contributed by atoms with Crippen LogP contribution in [0.1, 0.15) is 37.4 Å². The van der Waals surface area contributed by atoms with Gasteiger partial charge in [-0.05, 0) is 42.7 Å². The zero-order valence-corrected chi connectivity index (χ0v) is 15.0. The zero-order chi connectivity index (χ0) is 19.2. The minimum Gasteiger partial charge on any atom is -0.494 e. The van der Waals surface area contributed by atoms with Crippen molar-refractivity contribution < 1.29 is 24.3 Å². The second kappa shape index (κ2) is 8.66. The number of rotatable bonds is 8. The van der Waals surface area contributed by atoms with E-state index in [0.29, 0.717) is 42.0 Å². The van der Waals surface area contributed by atoms with Crippen LogP contribution in [-0.4, -0.2) is 28.3 Å². The molecule has 1 atom stereocenters. The number of hydrogen-bond acceptors (Lipinski definition) is 6. The summed E-state index contributed by atoms with van der Waals surface area (Å²) in [6.07, 6.45) is 1.45. The van der Waals surface area contributed by atoms with E-state index in [1.54, 1.807) is 12.6 Å². The van der Waals surface area contributed by atoms with Crippen LogP contribution in [0.2, 0.25) is 0 Å². The van der Waals surface area contributed by atoms with E-state index in [-0.39, 0.29) is 6.42 Å². The highest BCUT2D eigenvalue weighted by atomic mass is 16.5. The molecule has 0 bridgehead atoms. The summed E-state index contributed by atoms with van der Waals surface area (Å²) in [6.45, 7) is 0. The standard InChI is InChI=1S/C20H22N2O5/c1-26-16-6-4-7-17-19(16)21-20(27-17)14-11-9-13(10-12-14)15(23)5-2-3-8-18(24)22-25/h4,6-7,9-12,15,23,25H,2-3,5,8H2,1H3,(H,22,24). The maximum atomic E-state index is 11.0. The van der Waals surface area contributed by atoms with Crippen molar-refractivity contribution in [2.45, 2.75) is 31.8 Å². The molecule has 2 aromatic carbocycles. The first-order valence-corrected chi connectivity index (χ1v) is 8.77. The lowest BCUT2D eigenvalue weighted by Crippen LogP contribution is -2.17. The number of nitrogens with one attached hydrogen (secondary N) is 1. The Hall–Kier alpha value is -2.90. The first-order chi connectivity index (χ1) is 13.1. The fourth-order valence-corrected chi connectivity index (χ4v) is 2.91. The number of methoxy groups -OCH3 is 1. The Morgan fingerprint density at radius 2 is 2.00 bits per heavy atom. The highest BCUT2D eigenvalue weighted by Crippen LogP contribution is 2.30. The van der Waals surface area contributed by atoms with Gasteiger partial charge < -0.3 is 14.3 Å². The third-order valence-corrected chi connectivity index (χ3v) is 4.40. The molecule has 0 saturated heterocycles. The van der Waals surface area contributed by atoms with Crippen molar-refractivity contribution >= 4 is 17.0 Å². The van der Waals surface area contributed by atoms with Gasteiger partial charge in [-0.25, -0.2) is 10.5 Å². The molecule has 1 unspecified atom stereocenters. The number of hydrogen-bond donors (Lipinski definition) is 3. The molecule has 3 aromatic rings. The third-order valence-electron chi connectivity index (χ3n) is 4.40. The van der Waals surface area contributed by atoms with Crippen LogP contribution >= 0.6 is 0 Å². The monoisotopic (exact) mass is 370 g/mol. The van der Waals surface area contributed by atoms with Crippen molar-refractivity contribution in [1.82, 2.24) is 10.5 Å². The Labute approximate surface area is 156 Å². The molecule has 3 N–H and O–H groups in total. The first kappa shape index (κ1) is 18.9. The molecule has 1 aromatic heterocycles. The van der Waals surface area contributed by atoms with Crippen molar-refractivity contribution in [2.24, 2.45) is 0 Å². The summed E-state index contributed by atoms with van der Waals surface area (Å²) in [6, 6.07) is 12.9. The summed E-state index contributed by atoms with van der Waals surface area (Å²) >= 11 is 0. The van der Waals surface area contributed by atoms with Crippen molar-refractivity contribution in [1.29, 1.82) is 0 Å². The molecular weight excluding hydrogens is 348 g/mol. The molecule has 0 aliphatic carbocycles. The Morgan fingerprint density at radius 3 is 2.70 bits per heavy atom. The highest BCUT2D eigenvalue weighted by Gasteiger charge is 2.13. The number of aliphatic hydroxyl groups is 1. The van der Waals surface area contributed by atoms with Gasteiger partial charge in [0.25, 0.3) is 0 Å². The van der Waals surface area contributed by atoms with Crippen LogP contribution in [0.25, 0.3) is 22.6 Å². The molecule has 3 rings (SSSR count). The number of hydroxylamine groups is 1. The lowest BCUT2D eigenvalue weighted by Gasteiger charge is -2.11. The molecule has 0 aliphatic rings. The van der Waals surface area contributed by atoms with Gasteiger partial charge >= 0.3 is 0 Å². The SMILES string of the molecule is COc1cccc2oc(-c3ccc(C(O)CCCCC(=O)NO)cc3)nc12. The van der Waals surface area contributed by atoms with Crippen LogP contribution in [0.4, 0.5) is 0 Å². The zero-order valence-electron chi connectivity index (χ0n) is 15.0. The third kappa shape index (κ3) is 4.45. The largest absolute Gasteiger partial charge is 0.494 e. The number of unbranched alkanes of at least 4 members (excludes halogenated alkanes) is 1. The van der Waals surface area contributed by atoms with Crippen molar-refractivity contribution in [3.05, 3.63) is 48.0 Å². The summed E-state index contributed by atoms with van der Waals surface area (Å²) < 4.78 is 11.1. The summed E-state index contributed by atoms with van der Waals surface area (Å²) in [4.78, 5) is 15.5. The summed E-state index contributed by atoms with van der Waals surface area (Å²) in [5.74, 6) is 0.735. The Bertz CT molecular complexity index is 904. The number of benzene rings is 2. The summed E-state index contributed by atoms with van der Waals surface area (Å²) in [5.41, 5.74) is 4.52. The second-order valence-corrected chi connectivity index (χ2v) is 6.24. The van der Waals surface area contributed by atoms with Gasteiger partial charge in [-0.3, -0.25) is 10.0 Å². The van der Waals surface area contributed by atoms with Crippen LogP contribution in [0.3, 0.4) is 0 Å². The molecule has 142 valence electrons. The molecule has 0 saturated carbocycles. The summed E-state index contributed by atoms with van der Waals surface area (Å²) in [5, 5.41) is 18.7. The number of nitrogens with zero attached hydrogens (tertiary/aromatic N) is 1. The molecular formula is C20H22N2O5. The van der Waals surface area contributed by atoms with Crippen LogP contribution in [0.5, 0.6) is 5.75 Å². The summed E-state index contributed by atoms with van der Waals surface area (Å²) in [7, 11) is 1.59. The average molecular weight is 370 g/mol. The maximum Gasteiger partial charge on any atom is 0.243 e. The van der Waals surface area contributed by atoms with Gasteiger partial charge in [-0.2, -0.15) is 0 Å². The van der Waals surface area contributed by atoms with Crippen molar-refractivity contribution in [3.8, 4) is 17.2 Å². The average Bonchev–Trinajstić information content (AvgIpc) is 3.15. The number of oxazole rings is 1. The van der Waals surface area contributed by atoms with E-state index < -0.39 is 12.0 Å². The number of carbonyl (C=O) groups is 1. The predicted octanol–water partition coefficient (Wildman–Crippen LogP) is 3.60. The van der Waals surface area contributed by atoms with E-state index in [1.165, 1.54) is 0 Å². The molecule has 0 radical (unpaired) electrons. The number of aromatic nitrogens is 1. The lowest BCUT2D eigenvalue weighted by molar-refractivity contribution is -0.129. The van der Waals surface area contributed by atoms with Gasteiger partial charge in [0.15, 0.2) is 11.1 Å². The topological polar surface area (TPSA) is 105 Å². The van der Waals surface area contributed by atoms with E-state index in [0.717, 1.165) is 11.1 Å². The van der Waals surface area contributed by atoms with Crippen LogP contribution in [0.15, 0.2) is 46.9 Å². The van der Waals surface area contributed by atoms with Crippen molar-refractivity contribution in [2.75, 3.05) is 7.11 Å². The second-order valence-electron chi connectivity index (χ2n) is 6.24. The Balaban J connectivity index is 1.65. The Kier molecular flexibility index (Phi) is 6.05.